The zero-order chi connectivity index (χ0) is 13.7. The Morgan fingerprint density at radius 3 is 2.89 bits per heavy atom. The van der Waals surface area contributed by atoms with Gasteiger partial charge in [0.1, 0.15) is 0 Å². The van der Waals surface area contributed by atoms with Gasteiger partial charge in [-0.3, -0.25) is 8.89 Å². The summed E-state index contributed by atoms with van der Waals surface area (Å²) in [5, 5.41) is 8.18. The topological polar surface area (TPSA) is 46.9 Å². The molecule has 1 aromatic rings. The highest BCUT2D eigenvalue weighted by Crippen LogP contribution is 2.27. The molecule has 0 spiro atoms. The van der Waals surface area contributed by atoms with E-state index < -0.39 is 10.8 Å². The fourth-order valence-corrected chi connectivity index (χ4v) is 2.89. The molecular weight excluding hydrogens is 258 g/mol. The summed E-state index contributed by atoms with van der Waals surface area (Å²) in [6, 6.07) is 2.69. The molecule has 0 aliphatic heterocycles. The molecule has 2 rings (SSSR count). The van der Waals surface area contributed by atoms with E-state index in [1.165, 1.54) is 32.1 Å². The molecule has 1 aromatic heterocycles. The highest BCUT2D eigenvalue weighted by Gasteiger charge is 2.15. The third kappa shape index (κ3) is 4.42. The molecule has 1 N–H and O–H groups in total. The first-order valence-electron chi connectivity index (χ1n) is 7.24. The summed E-state index contributed by atoms with van der Waals surface area (Å²) in [5.74, 6) is 0. The first-order chi connectivity index (χ1) is 9.16. The average Bonchev–Trinajstić information content (AvgIpc) is 2.88. The van der Waals surface area contributed by atoms with E-state index in [0.717, 1.165) is 18.8 Å². The number of aromatic nitrogens is 2. The van der Waals surface area contributed by atoms with Crippen LogP contribution in [0.1, 0.15) is 50.8 Å². The van der Waals surface area contributed by atoms with Crippen LogP contribution in [0.25, 0.3) is 0 Å². The third-order valence-electron chi connectivity index (χ3n) is 3.92. The van der Waals surface area contributed by atoms with Gasteiger partial charge in [-0.25, -0.2) is 0 Å². The fraction of sp³-hybridized carbons (Fsp3) is 0.786. The second-order valence-corrected chi connectivity index (χ2v) is 7.32. The largest absolute Gasteiger partial charge is 0.310 e. The summed E-state index contributed by atoms with van der Waals surface area (Å²) in [7, 11) is -0.755. The lowest BCUT2D eigenvalue weighted by atomic mass is 9.96. The van der Waals surface area contributed by atoms with Crippen LogP contribution in [0.15, 0.2) is 12.3 Å². The van der Waals surface area contributed by atoms with Gasteiger partial charge in [0, 0.05) is 41.6 Å². The van der Waals surface area contributed by atoms with Gasteiger partial charge in [-0.2, -0.15) is 5.10 Å². The van der Waals surface area contributed by atoms with Gasteiger partial charge in [-0.15, -0.1) is 0 Å². The molecule has 2 atom stereocenters. The standard InChI is InChI=1S/C14H25N3OS/c1-12(19(2)18)10-15-11-13-8-9-17(16-13)14-6-4-3-5-7-14/h8-9,12,14-15H,3-7,10-11H2,1-2H3. The van der Waals surface area contributed by atoms with Gasteiger partial charge < -0.3 is 5.32 Å². The van der Waals surface area contributed by atoms with E-state index in [9.17, 15) is 4.21 Å². The summed E-state index contributed by atoms with van der Waals surface area (Å²) in [6.45, 7) is 3.55. The normalized spacial score (nSPS) is 20.3. The second kappa shape index (κ2) is 7.20. The number of rotatable bonds is 6. The molecule has 0 amide bonds. The molecule has 1 fully saturated rings. The Hall–Kier alpha value is -0.680. The van der Waals surface area contributed by atoms with E-state index in [-0.39, 0.29) is 5.25 Å². The van der Waals surface area contributed by atoms with Crippen molar-refractivity contribution in [3.63, 3.8) is 0 Å². The van der Waals surface area contributed by atoms with E-state index in [4.69, 9.17) is 0 Å². The first kappa shape index (κ1) is 14.7. The van der Waals surface area contributed by atoms with Crippen molar-refractivity contribution in [3.8, 4) is 0 Å². The third-order valence-corrected chi connectivity index (χ3v) is 5.22. The lowest BCUT2D eigenvalue weighted by molar-refractivity contribution is 0.327. The molecule has 1 saturated carbocycles. The van der Waals surface area contributed by atoms with Crippen molar-refractivity contribution in [2.75, 3.05) is 12.8 Å². The summed E-state index contributed by atoms with van der Waals surface area (Å²) >= 11 is 0. The molecule has 19 heavy (non-hydrogen) atoms. The molecule has 0 bridgehead atoms. The number of nitrogens with zero attached hydrogens (tertiary/aromatic N) is 2. The Morgan fingerprint density at radius 2 is 2.21 bits per heavy atom. The maximum absolute atomic E-state index is 11.2. The zero-order valence-electron chi connectivity index (χ0n) is 12.0. The van der Waals surface area contributed by atoms with E-state index in [1.807, 2.05) is 6.92 Å². The summed E-state index contributed by atoms with van der Waals surface area (Å²) in [4.78, 5) is 0. The minimum absolute atomic E-state index is 0.195. The minimum Gasteiger partial charge on any atom is -0.310 e. The second-order valence-electron chi connectivity index (χ2n) is 5.52. The molecule has 0 aromatic carbocycles. The smallest absolute Gasteiger partial charge is 0.0762 e. The van der Waals surface area contributed by atoms with Crippen LogP contribution in [0.3, 0.4) is 0 Å². The van der Waals surface area contributed by atoms with Gasteiger partial charge in [0.05, 0.1) is 11.7 Å². The van der Waals surface area contributed by atoms with E-state index >= 15 is 0 Å². The van der Waals surface area contributed by atoms with E-state index in [0.29, 0.717) is 6.04 Å². The molecule has 2 unspecified atom stereocenters. The molecule has 4 nitrogen and oxygen atoms in total. The number of nitrogens with one attached hydrogen (secondary N) is 1. The molecule has 108 valence electrons. The molecule has 1 aliphatic rings. The van der Waals surface area contributed by atoms with Crippen LogP contribution in [0, 0.1) is 0 Å². The Labute approximate surface area is 118 Å². The molecule has 1 heterocycles. The zero-order valence-corrected chi connectivity index (χ0v) is 12.8. The van der Waals surface area contributed by atoms with E-state index in [1.54, 1.807) is 6.26 Å². The van der Waals surface area contributed by atoms with Gasteiger partial charge in [-0.1, -0.05) is 19.3 Å². The summed E-state index contributed by atoms with van der Waals surface area (Å²) in [6.07, 6.45) is 10.4. The van der Waals surface area contributed by atoms with Crippen molar-refractivity contribution >= 4 is 10.8 Å². The fourth-order valence-electron chi connectivity index (χ4n) is 2.54. The summed E-state index contributed by atoms with van der Waals surface area (Å²) < 4.78 is 13.4. The van der Waals surface area contributed by atoms with Crippen LogP contribution in [0.2, 0.25) is 0 Å². The lowest BCUT2D eigenvalue weighted by Crippen LogP contribution is -2.27. The predicted octanol–water partition coefficient (Wildman–Crippen LogP) is 2.24. The molecule has 1 aliphatic carbocycles. The van der Waals surface area contributed by atoms with Crippen molar-refractivity contribution in [2.24, 2.45) is 0 Å². The Balaban J connectivity index is 1.78. The van der Waals surface area contributed by atoms with Gasteiger partial charge in [0.2, 0.25) is 0 Å². The van der Waals surface area contributed by atoms with Gasteiger partial charge in [0.25, 0.3) is 0 Å². The quantitative estimate of drug-likeness (QED) is 0.871. The van der Waals surface area contributed by atoms with Crippen molar-refractivity contribution < 1.29 is 4.21 Å². The lowest BCUT2D eigenvalue weighted by Gasteiger charge is -2.21. The number of hydrogen-bond donors (Lipinski definition) is 1. The maximum atomic E-state index is 11.2. The minimum atomic E-state index is -0.755. The Morgan fingerprint density at radius 1 is 1.47 bits per heavy atom. The van der Waals surface area contributed by atoms with Gasteiger partial charge >= 0.3 is 0 Å². The van der Waals surface area contributed by atoms with E-state index in [2.05, 4.69) is 27.4 Å². The average molecular weight is 283 g/mol. The molecule has 0 radical (unpaired) electrons. The van der Waals surface area contributed by atoms with Crippen LogP contribution in [-0.4, -0.2) is 32.0 Å². The predicted molar refractivity (Wildman–Crippen MR) is 79.6 cm³/mol. The van der Waals surface area contributed by atoms with Gasteiger partial charge in [0.15, 0.2) is 0 Å². The van der Waals surface area contributed by atoms with Crippen molar-refractivity contribution in [2.45, 2.75) is 56.9 Å². The molecule has 0 saturated heterocycles. The highest BCUT2D eigenvalue weighted by molar-refractivity contribution is 7.84. The van der Waals surface area contributed by atoms with Crippen molar-refractivity contribution in [3.05, 3.63) is 18.0 Å². The Kier molecular flexibility index (Phi) is 5.58. The number of hydrogen-bond acceptors (Lipinski definition) is 3. The van der Waals surface area contributed by atoms with Crippen LogP contribution < -0.4 is 5.32 Å². The van der Waals surface area contributed by atoms with Crippen LogP contribution in [0.4, 0.5) is 0 Å². The van der Waals surface area contributed by atoms with Crippen LogP contribution in [-0.2, 0) is 17.3 Å². The van der Waals surface area contributed by atoms with Crippen LogP contribution in [0.5, 0.6) is 0 Å². The molecule has 5 heteroatoms. The Bertz CT molecular complexity index is 413. The molecular formula is C14H25N3OS. The maximum Gasteiger partial charge on any atom is 0.0762 e. The van der Waals surface area contributed by atoms with Crippen LogP contribution >= 0.6 is 0 Å². The highest BCUT2D eigenvalue weighted by atomic mass is 32.2. The van der Waals surface area contributed by atoms with Crippen molar-refractivity contribution in [1.29, 1.82) is 0 Å². The van der Waals surface area contributed by atoms with Gasteiger partial charge in [-0.05, 0) is 25.8 Å². The first-order valence-corrected chi connectivity index (χ1v) is 8.86. The van der Waals surface area contributed by atoms with Crippen molar-refractivity contribution in [1.82, 2.24) is 15.1 Å². The SMILES string of the molecule is CC(CNCc1ccn(C2CCCCC2)n1)S(C)=O. The monoisotopic (exact) mass is 283 g/mol. The summed E-state index contributed by atoms with van der Waals surface area (Å²) in [5.41, 5.74) is 1.08.